The molecule has 164 valence electrons. The lowest BCUT2D eigenvalue weighted by atomic mass is 10.1. The van der Waals surface area contributed by atoms with Crippen LogP contribution >= 0.6 is 0 Å². The number of aromatic nitrogens is 4. The minimum Gasteiger partial charge on any atom is -0.354 e. The fourth-order valence-electron chi connectivity index (χ4n) is 4.32. The molecule has 0 aliphatic carbocycles. The van der Waals surface area contributed by atoms with Gasteiger partial charge in [0, 0.05) is 32.6 Å². The third-order valence-corrected chi connectivity index (χ3v) is 5.83. The highest BCUT2D eigenvalue weighted by Gasteiger charge is 2.23. The van der Waals surface area contributed by atoms with Gasteiger partial charge >= 0.3 is 0 Å². The van der Waals surface area contributed by atoms with Crippen LogP contribution in [-0.2, 0) is 4.79 Å². The van der Waals surface area contributed by atoms with Gasteiger partial charge in [-0.15, -0.1) is 0 Å². The van der Waals surface area contributed by atoms with E-state index in [1.807, 2.05) is 22.7 Å². The van der Waals surface area contributed by atoms with Gasteiger partial charge in [-0.2, -0.15) is 5.10 Å². The summed E-state index contributed by atoms with van der Waals surface area (Å²) in [6, 6.07) is 6.36. The molecule has 0 N–H and O–H groups in total. The number of hydrogen-bond acceptors (Lipinski definition) is 5. The van der Waals surface area contributed by atoms with Crippen molar-refractivity contribution in [2.75, 3.05) is 31.1 Å². The van der Waals surface area contributed by atoms with E-state index in [9.17, 15) is 4.79 Å². The fourth-order valence-corrected chi connectivity index (χ4v) is 4.32. The predicted octanol–water partition coefficient (Wildman–Crippen LogP) is 3.83. The monoisotopic (exact) mass is 420 g/mol. The van der Waals surface area contributed by atoms with Crippen LogP contribution in [0.1, 0.15) is 43.6 Å². The molecule has 4 rings (SSSR count). The maximum Gasteiger partial charge on any atom is 0.222 e. The molecule has 1 fully saturated rings. The summed E-state index contributed by atoms with van der Waals surface area (Å²) in [4.78, 5) is 26.4. The number of carbonyl (C=O) groups excluding carboxylic acids is 1. The lowest BCUT2D eigenvalue weighted by molar-refractivity contribution is -0.131. The molecule has 1 aliphatic heterocycles. The van der Waals surface area contributed by atoms with Crippen molar-refractivity contribution in [1.82, 2.24) is 24.6 Å². The standard InChI is InChI=1S/C24H32N6O/c1-16(2)13-22(31)28-9-6-10-29(12-11-28)23-20-15-25-30(24(20)27-19(5)26-23)21-8-7-17(3)14-18(21)4/h7-8,14-16H,6,9-13H2,1-5H3. The van der Waals surface area contributed by atoms with E-state index >= 15 is 0 Å². The molecule has 0 unspecified atom stereocenters. The summed E-state index contributed by atoms with van der Waals surface area (Å²) in [5.74, 6) is 2.28. The molecule has 1 aliphatic rings. The van der Waals surface area contributed by atoms with Crippen molar-refractivity contribution in [2.45, 2.75) is 47.5 Å². The molecule has 3 heterocycles. The van der Waals surface area contributed by atoms with Crippen molar-refractivity contribution >= 4 is 22.8 Å². The van der Waals surface area contributed by atoms with Gasteiger partial charge in [-0.25, -0.2) is 14.6 Å². The van der Waals surface area contributed by atoms with Gasteiger partial charge in [0.25, 0.3) is 0 Å². The van der Waals surface area contributed by atoms with Crippen LogP contribution in [-0.4, -0.2) is 56.7 Å². The molecule has 0 radical (unpaired) electrons. The number of fused-ring (bicyclic) bond motifs is 1. The summed E-state index contributed by atoms with van der Waals surface area (Å²) in [5.41, 5.74) is 4.25. The van der Waals surface area contributed by atoms with Gasteiger partial charge in [0.15, 0.2) is 5.65 Å². The first-order valence-electron chi connectivity index (χ1n) is 11.2. The third kappa shape index (κ3) is 4.40. The molecule has 0 saturated carbocycles. The smallest absolute Gasteiger partial charge is 0.222 e. The van der Waals surface area contributed by atoms with Crippen molar-refractivity contribution in [1.29, 1.82) is 0 Å². The molecule has 7 heteroatoms. The number of anilines is 1. The number of hydrogen-bond donors (Lipinski definition) is 0. The minimum atomic E-state index is 0.253. The molecule has 1 amide bonds. The summed E-state index contributed by atoms with van der Waals surface area (Å²) in [6.45, 7) is 13.5. The van der Waals surface area contributed by atoms with E-state index in [1.54, 1.807) is 0 Å². The summed E-state index contributed by atoms with van der Waals surface area (Å²) in [6.07, 6.45) is 3.41. The van der Waals surface area contributed by atoms with Crippen LogP contribution in [0, 0.1) is 26.7 Å². The average molecular weight is 421 g/mol. The molecule has 0 atom stereocenters. The lowest BCUT2D eigenvalue weighted by Gasteiger charge is -2.24. The minimum absolute atomic E-state index is 0.253. The molecule has 1 saturated heterocycles. The first-order chi connectivity index (χ1) is 14.8. The largest absolute Gasteiger partial charge is 0.354 e. The maximum absolute atomic E-state index is 12.6. The Kier molecular flexibility index (Phi) is 5.94. The molecular formula is C24H32N6O. The van der Waals surface area contributed by atoms with E-state index in [-0.39, 0.29) is 5.91 Å². The number of carbonyl (C=O) groups is 1. The Bertz CT molecular complexity index is 1100. The van der Waals surface area contributed by atoms with E-state index < -0.39 is 0 Å². The Morgan fingerprint density at radius 1 is 1.06 bits per heavy atom. The van der Waals surface area contributed by atoms with Gasteiger partial charge in [0.1, 0.15) is 11.6 Å². The molecule has 0 bridgehead atoms. The first-order valence-corrected chi connectivity index (χ1v) is 11.2. The quantitative estimate of drug-likeness (QED) is 0.642. The zero-order valence-corrected chi connectivity index (χ0v) is 19.2. The van der Waals surface area contributed by atoms with E-state index in [0.29, 0.717) is 12.3 Å². The second-order valence-electron chi connectivity index (χ2n) is 9.00. The normalized spacial score (nSPS) is 15.0. The Morgan fingerprint density at radius 3 is 2.61 bits per heavy atom. The number of nitrogens with zero attached hydrogens (tertiary/aromatic N) is 6. The number of amides is 1. The second kappa shape index (κ2) is 8.65. The second-order valence-corrected chi connectivity index (χ2v) is 9.00. The van der Waals surface area contributed by atoms with E-state index in [4.69, 9.17) is 9.97 Å². The number of benzene rings is 1. The van der Waals surface area contributed by atoms with E-state index in [1.165, 1.54) is 5.56 Å². The first kappa shape index (κ1) is 21.3. The third-order valence-electron chi connectivity index (χ3n) is 5.83. The predicted molar refractivity (Wildman–Crippen MR) is 124 cm³/mol. The summed E-state index contributed by atoms with van der Waals surface area (Å²) in [7, 11) is 0. The summed E-state index contributed by atoms with van der Waals surface area (Å²) < 4.78 is 1.92. The molecular weight excluding hydrogens is 388 g/mol. The van der Waals surface area contributed by atoms with Crippen molar-refractivity contribution in [3.05, 3.63) is 41.3 Å². The fraction of sp³-hybridized carbons (Fsp3) is 0.500. The molecule has 0 spiro atoms. The topological polar surface area (TPSA) is 67.2 Å². The van der Waals surface area contributed by atoms with Crippen LogP contribution in [0.3, 0.4) is 0 Å². The maximum atomic E-state index is 12.6. The molecule has 2 aromatic heterocycles. The molecule has 3 aromatic rings. The molecule has 7 nitrogen and oxygen atoms in total. The van der Waals surface area contributed by atoms with Gasteiger partial charge in [0.05, 0.1) is 17.3 Å². The van der Waals surface area contributed by atoms with Crippen molar-refractivity contribution < 1.29 is 4.79 Å². The lowest BCUT2D eigenvalue weighted by Crippen LogP contribution is -2.36. The summed E-state index contributed by atoms with van der Waals surface area (Å²) >= 11 is 0. The number of rotatable bonds is 4. The molecule has 31 heavy (non-hydrogen) atoms. The Labute approximate surface area is 184 Å². The van der Waals surface area contributed by atoms with Gasteiger partial charge in [-0.05, 0) is 44.7 Å². The Morgan fingerprint density at radius 2 is 1.87 bits per heavy atom. The molecule has 1 aromatic carbocycles. The van der Waals surface area contributed by atoms with Crippen molar-refractivity contribution in [3.8, 4) is 5.69 Å². The van der Waals surface area contributed by atoms with Crippen LogP contribution in [0.2, 0.25) is 0 Å². The highest BCUT2D eigenvalue weighted by atomic mass is 16.2. The SMILES string of the molecule is Cc1ccc(-n2ncc3c(N4CCCN(C(=O)CC(C)C)CC4)nc(C)nc32)c(C)c1. The van der Waals surface area contributed by atoms with Crippen molar-refractivity contribution in [2.24, 2.45) is 5.92 Å². The van der Waals surface area contributed by atoms with Crippen LogP contribution in [0.25, 0.3) is 16.7 Å². The van der Waals surface area contributed by atoms with Crippen LogP contribution in [0.4, 0.5) is 5.82 Å². The van der Waals surface area contributed by atoms with E-state index in [2.05, 4.69) is 55.9 Å². The number of aryl methyl sites for hydroxylation is 3. The zero-order chi connectivity index (χ0) is 22.1. The van der Waals surface area contributed by atoms with Crippen LogP contribution < -0.4 is 4.90 Å². The average Bonchev–Trinajstić information content (AvgIpc) is 2.95. The van der Waals surface area contributed by atoms with E-state index in [0.717, 1.165) is 66.5 Å². The van der Waals surface area contributed by atoms with Gasteiger partial charge in [0.2, 0.25) is 5.91 Å². The van der Waals surface area contributed by atoms with Gasteiger partial charge in [-0.3, -0.25) is 4.79 Å². The van der Waals surface area contributed by atoms with Crippen LogP contribution in [0.5, 0.6) is 0 Å². The van der Waals surface area contributed by atoms with Gasteiger partial charge in [-0.1, -0.05) is 31.5 Å². The summed E-state index contributed by atoms with van der Waals surface area (Å²) in [5, 5.41) is 5.63. The zero-order valence-electron chi connectivity index (χ0n) is 19.2. The Hall–Kier alpha value is -2.96. The van der Waals surface area contributed by atoms with Gasteiger partial charge < -0.3 is 9.80 Å². The Balaban J connectivity index is 1.66. The highest BCUT2D eigenvalue weighted by Crippen LogP contribution is 2.28. The van der Waals surface area contributed by atoms with Crippen LogP contribution in [0.15, 0.2) is 24.4 Å². The highest BCUT2D eigenvalue weighted by molar-refractivity contribution is 5.88. The van der Waals surface area contributed by atoms with Crippen molar-refractivity contribution in [3.63, 3.8) is 0 Å².